The highest BCUT2D eigenvalue weighted by Crippen LogP contribution is 2.12. The van der Waals surface area contributed by atoms with Crippen LogP contribution in [0.15, 0.2) is 24.3 Å². The van der Waals surface area contributed by atoms with Crippen molar-refractivity contribution in [3.63, 3.8) is 0 Å². The van der Waals surface area contributed by atoms with E-state index in [2.05, 4.69) is 5.32 Å². The van der Waals surface area contributed by atoms with Gasteiger partial charge in [-0.1, -0.05) is 12.1 Å². The van der Waals surface area contributed by atoms with Crippen LogP contribution in [0.1, 0.15) is 18.9 Å². The van der Waals surface area contributed by atoms with E-state index in [4.69, 9.17) is 9.84 Å². The van der Waals surface area contributed by atoms with E-state index < -0.39 is 12.0 Å². The van der Waals surface area contributed by atoms with Crippen molar-refractivity contribution in [1.82, 2.24) is 5.32 Å². The van der Waals surface area contributed by atoms with E-state index in [0.717, 1.165) is 11.3 Å². The van der Waals surface area contributed by atoms with Crippen LogP contribution < -0.4 is 10.1 Å². The smallest absolute Gasteiger partial charge is 0.326 e. The van der Waals surface area contributed by atoms with Gasteiger partial charge >= 0.3 is 5.97 Å². The lowest BCUT2D eigenvalue weighted by molar-refractivity contribution is -0.141. The number of carbonyl (C=O) groups excluding carboxylic acids is 1. The Bertz CT molecular complexity index is 461. The molecule has 1 unspecified atom stereocenters. The van der Waals surface area contributed by atoms with Crippen molar-refractivity contribution in [2.24, 2.45) is 0 Å². The molecule has 1 aromatic carbocycles. The van der Waals surface area contributed by atoms with Crippen LogP contribution in [0.4, 0.5) is 0 Å². The summed E-state index contributed by atoms with van der Waals surface area (Å²) >= 11 is 1.56. The first-order valence-electron chi connectivity index (χ1n) is 6.79. The maximum absolute atomic E-state index is 11.9. The lowest BCUT2D eigenvalue weighted by atomic mass is 10.1. The molecule has 1 aromatic rings. The Hall–Kier alpha value is -1.69. The number of rotatable bonds is 9. The van der Waals surface area contributed by atoms with Crippen LogP contribution in [-0.4, -0.2) is 41.6 Å². The third-order valence-corrected chi connectivity index (χ3v) is 3.49. The van der Waals surface area contributed by atoms with E-state index in [1.807, 2.05) is 25.3 Å². The third-order valence-electron chi connectivity index (χ3n) is 2.84. The van der Waals surface area contributed by atoms with E-state index >= 15 is 0 Å². The van der Waals surface area contributed by atoms with Crippen molar-refractivity contribution >= 4 is 23.6 Å². The molecule has 21 heavy (non-hydrogen) atoms. The summed E-state index contributed by atoms with van der Waals surface area (Å²) in [5.41, 5.74) is 0.824. The van der Waals surface area contributed by atoms with Gasteiger partial charge in [0, 0.05) is 0 Å². The van der Waals surface area contributed by atoms with Gasteiger partial charge in [-0.15, -0.1) is 0 Å². The molecule has 6 heteroatoms. The molecule has 1 amide bonds. The third kappa shape index (κ3) is 6.53. The molecule has 0 aliphatic carbocycles. The van der Waals surface area contributed by atoms with Crippen LogP contribution in [0.5, 0.6) is 5.75 Å². The summed E-state index contributed by atoms with van der Waals surface area (Å²) in [6.07, 6.45) is 2.49. The van der Waals surface area contributed by atoms with Gasteiger partial charge in [0.15, 0.2) is 0 Å². The summed E-state index contributed by atoms with van der Waals surface area (Å²) in [7, 11) is 0. The first kappa shape index (κ1) is 17.4. The van der Waals surface area contributed by atoms with Crippen LogP contribution in [0.3, 0.4) is 0 Å². The number of aliphatic carboxylic acids is 1. The molecule has 0 aliphatic heterocycles. The highest BCUT2D eigenvalue weighted by atomic mass is 32.2. The van der Waals surface area contributed by atoms with Crippen LogP contribution in [-0.2, 0) is 16.0 Å². The zero-order valence-corrected chi connectivity index (χ0v) is 13.1. The standard InChI is InChI=1S/C15H21NO4S/c1-3-20-12-6-4-11(5-7-12)10-14(17)16-13(15(18)19)8-9-21-2/h4-7,13H,3,8-10H2,1-2H3,(H,16,17)(H,18,19). The number of hydrogen-bond acceptors (Lipinski definition) is 4. The average Bonchev–Trinajstić information content (AvgIpc) is 2.45. The normalized spacial score (nSPS) is 11.7. The minimum Gasteiger partial charge on any atom is -0.494 e. The Morgan fingerprint density at radius 3 is 2.52 bits per heavy atom. The summed E-state index contributed by atoms with van der Waals surface area (Å²) < 4.78 is 5.33. The number of amides is 1. The summed E-state index contributed by atoms with van der Waals surface area (Å²) in [6, 6.07) is 6.39. The fraction of sp³-hybridized carbons (Fsp3) is 0.467. The Labute approximate surface area is 129 Å². The molecule has 2 N–H and O–H groups in total. The number of hydrogen-bond donors (Lipinski definition) is 2. The lowest BCUT2D eigenvalue weighted by Gasteiger charge is -2.14. The van der Waals surface area contributed by atoms with Crippen LogP contribution >= 0.6 is 11.8 Å². The summed E-state index contributed by atoms with van der Waals surface area (Å²) in [5, 5.41) is 11.6. The van der Waals surface area contributed by atoms with Crippen LogP contribution in [0.2, 0.25) is 0 Å². The summed E-state index contributed by atoms with van der Waals surface area (Å²) in [5.74, 6) is 0.169. The van der Waals surface area contributed by atoms with E-state index in [-0.39, 0.29) is 12.3 Å². The largest absolute Gasteiger partial charge is 0.494 e. The van der Waals surface area contributed by atoms with Crippen LogP contribution in [0.25, 0.3) is 0 Å². The molecule has 0 aliphatic rings. The van der Waals surface area contributed by atoms with E-state index in [9.17, 15) is 9.59 Å². The first-order valence-corrected chi connectivity index (χ1v) is 8.19. The van der Waals surface area contributed by atoms with Gasteiger partial charge in [0.2, 0.25) is 5.91 Å². The molecule has 0 fully saturated rings. The molecule has 116 valence electrons. The molecule has 0 spiro atoms. The van der Waals surface area contributed by atoms with Gasteiger partial charge in [-0.05, 0) is 43.0 Å². The molecular formula is C15H21NO4S. The number of carbonyl (C=O) groups is 2. The molecule has 5 nitrogen and oxygen atoms in total. The zero-order valence-electron chi connectivity index (χ0n) is 12.3. The topological polar surface area (TPSA) is 75.6 Å². The number of ether oxygens (including phenoxy) is 1. The second-order valence-corrected chi connectivity index (χ2v) is 5.48. The van der Waals surface area contributed by atoms with Crippen LogP contribution in [0, 0.1) is 0 Å². The van der Waals surface area contributed by atoms with Crippen molar-refractivity contribution in [1.29, 1.82) is 0 Å². The molecule has 0 aromatic heterocycles. The fourth-order valence-electron chi connectivity index (χ4n) is 1.79. The maximum atomic E-state index is 11.9. The number of carboxylic acid groups (broad SMARTS) is 1. The Morgan fingerprint density at radius 1 is 1.33 bits per heavy atom. The minimum absolute atomic E-state index is 0.162. The zero-order chi connectivity index (χ0) is 15.7. The van der Waals surface area contributed by atoms with E-state index in [1.54, 1.807) is 23.9 Å². The van der Waals surface area contributed by atoms with Crippen molar-refractivity contribution in [3.8, 4) is 5.75 Å². The van der Waals surface area contributed by atoms with Crippen molar-refractivity contribution < 1.29 is 19.4 Å². The van der Waals surface area contributed by atoms with Gasteiger partial charge in [0.05, 0.1) is 13.0 Å². The van der Waals surface area contributed by atoms with Crippen molar-refractivity contribution in [2.75, 3.05) is 18.6 Å². The van der Waals surface area contributed by atoms with E-state index in [1.165, 1.54) is 0 Å². The monoisotopic (exact) mass is 311 g/mol. The SMILES string of the molecule is CCOc1ccc(CC(=O)NC(CCSC)C(=O)O)cc1. The highest BCUT2D eigenvalue weighted by Gasteiger charge is 2.19. The molecular weight excluding hydrogens is 290 g/mol. The molecule has 0 saturated carbocycles. The second kappa shape index (κ2) is 9.28. The van der Waals surface area contributed by atoms with Gasteiger partial charge in [0.25, 0.3) is 0 Å². The van der Waals surface area contributed by atoms with E-state index in [0.29, 0.717) is 18.8 Å². The quantitative estimate of drug-likeness (QED) is 0.729. The Kier molecular flexibility index (Phi) is 7.68. The van der Waals surface area contributed by atoms with Gasteiger partial charge in [0.1, 0.15) is 11.8 Å². The molecule has 1 rings (SSSR count). The first-order chi connectivity index (χ1) is 10.1. The average molecular weight is 311 g/mol. The highest BCUT2D eigenvalue weighted by molar-refractivity contribution is 7.98. The summed E-state index contributed by atoms with van der Waals surface area (Å²) in [6.45, 7) is 2.50. The van der Waals surface area contributed by atoms with Crippen molar-refractivity contribution in [2.45, 2.75) is 25.8 Å². The number of thioether (sulfide) groups is 1. The molecule has 1 atom stereocenters. The fourth-order valence-corrected chi connectivity index (χ4v) is 2.27. The minimum atomic E-state index is -0.996. The molecule has 0 saturated heterocycles. The number of nitrogens with one attached hydrogen (secondary N) is 1. The van der Waals surface area contributed by atoms with Crippen molar-refractivity contribution in [3.05, 3.63) is 29.8 Å². The Morgan fingerprint density at radius 2 is 2.00 bits per heavy atom. The summed E-state index contributed by atoms with van der Waals surface area (Å²) in [4.78, 5) is 23.0. The number of carboxylic acids is 1. The lowest BCUT2D eigenvalue weighted by Crippen LogP contribution is -2.41. The predicted molar refractivity (Wildman–Crippen MR) is 83.9 cm³/mol. The number of benzene rings is 1. The maximum Gasteiger partial charge on any atom is 0.326 e. The van der Waals surface area contributed by atoms with Gasteiger partial charge in [-0.25, -0.2) is 4.79 Å². The molecule has 0 radical (unpaired) electrons. The molecule has 0 heterocycles. The predicted octanol–water partition coefficient (Wildman–Crippen LogP) is 1.95. The van der Waals surface area contributed by atoms with Gasteiger partial charge in [-0.3, -0.25) is 4.79 Å². The van der Waals surface area contributed by atoms with Gasteiger partial charge in [-0.2, -0.15) is 11.8 Å². The Balaban J connectivity index is 2.52. The van der Waals surface area contributed by atoms with Gasteiger partial charge < -0.3 is 15.2 Å². The molecule has 0 bridgehead atoms. The second-order valence-electron chi connectivity index (χ2n) is 4.49.